The Morgan fingerprint density at radius 1 is 1.17 bits per heavy atom. The minimum Gasteiger partial charge on any atom is -0.341 e. The number of hydrogen-bond acceptors (Lipinski definition) is 3. The van der Waals surface area contributed by atoms with Gasteiger partial charge in [0.05, 0.1) is 5.56 Å². The Labute approximate surface area is 142 Å². The molecule has 0 radical (unpaired) electrons. The van der Waals surface area contributed by atoms with Crippen LogP contribution in [0.25, 0.3) is 0 Å². The van der Waals surface area contributed by atoms with Crippen LogP contribution in [0, 0.1) is 13.8 Å². The first-order valence-electron chi connectivity index (χ1n) is 8.17. The van der Waals surface area contributed by atoms with Gasteiger partial charge in [-0.05, 0) is 49.9 Å². The Hall–Kier alpha value is -2.56. The van der Waals surface area contributed by atoms with Crippen LogP contribution >= 0.6 is 0 Å². The molecule has 0 bridgehead atoms. The van der Waals surface area contributed by atoms with E-state index in [4.69, 9.17) is 0 Å². The monoisotopic (exact) mass is 327 g/mol. The SMILES string of the molecule is C/C=C/Cn1c(Nc2cc(C)cc(C)c2)c(C(C)C)c(=O)[nH]c1=O. The van der Waals surface area contributed by atoms with Gasteiger partial charge in [-0.2, -0.15) is 0 Å². The van der Waals surface area contributed by atoms with Gasteiger partial charge in [0.1, 0.15) is 5.82 Å². The van der Waals surface area contributed by atoms with Crippen molar-refractivity contribution in [2.45, 2.75) is 47.1 Å². The summed E-state index contributed by atoms with van der Waals surface area (Å²) < 4.78 is 1.56. The third-order valence-electron chi connectivity index (χ3n) is 3.82. The van der Waals surface area contributed by atoms with E-state index in [0.29, 0.717) is 17.9 Å². The number of rotatable bonds is 5. The molecule has 0 aliphatic heterocycles. The fourth-order valence-electron chi connectivity index (χ4n) is 2.83. The highest BCUT2D eigenvalue weighted by Gasteiger charge is 2.17. The average molecular weight is 327 g/mol. The van der Waals surface area contributed by atoms with Crippen molar-refractivity contribution in [3.63, 3.8) is 0 Å². The number of allylic oxidation sites excluding steroid dienone is 2. The lowest BCUT2D eigenvalue weighted by Gasteiger charge is -2.19. The number of anilines is 2. The molecule has 1 aromatic carbocycles. The van der Waals surface area contributed by atoms with Crippen LogP contribution in [0.5, 0.6) is 0 Å². The summed E-state index contributed by atoms with van der Waals surface area (Å²) in [7, 11) is 0. The molecule has 1 aromatic heterocycles. The van der Waals surface area contributed by atoms with E-state index < -0.39 is 5.69 Å². The van der Waals surface area contributed by atoms with E-state index in [2.05, 4.69) is 16.4 Å². The van der Waals surface area contributed by atoms with Crippen LogP contribution in [0.2, 0.25) is 0 Å². The highest BCUT2D eigenvalue weighted by Crippen LogP contribution is 2.24. The summed E-state index contributed by atoms with van der Waals surface area (Å²) in [4.78, 5) is 27.0. The van der Waals surface area contributed by atoms with Crippen molar-refractivity contribution in [1.82, 2.24) is 9.55 Å². The summed E-state index contributed by atoms with van der Waals surface area (Å²) >= 11 is 0. The summed E-state index contributed by atoms with van der Waals surface area (Å²) in [5.41, 5.74) is 2.95. The summed E-state index contributed by atoms with van der Waals surface area (Å²) in [6.45, 7) is 10.2. The molecule has 0 saturated carbocycles. The summed E-state index contributed by atoms with van der Waals surface area (Å²) in [6.07, 6.45) is 3.77. The molecular weight excluding hydrogens is 302 g/mol. The smallest absolute Gasteiger partial charge is 0.330 e. The van der Waals surface area contributed by atoms with Gasteiger partial charge in [0.25, 0.3) is 5.56 Å². The molecule has 0 amide bonds. The second-order valence-electron chi connectivity index (χ2n) is 6.36. The van der Waals surface area contributed by atoms with Crippen molar-refractivity contribution in [1.29, 1.82) is 0 Å². The molecule has 2 aromatic rings. The maximum Gasteiger partial charge on any atom is 0.330 e. The predicted molar refractivity (Wildman–Crippen MR) is 99.4 cm³/mol. The van der Waals surface area contributed by atoms with Crippen LogP contribution in [0.4, 0.5) is 11.5 Å². The number of aromatic nitrogens is 2. The topological polar surface area (TPSA) is 66.9 Å². The van der Waals surface area contributed by atoms with Crippen molar-refractivity contribution in [3.05, 3.63) is 67.9 Å². The van der Waals surface area contributed by atoms with Crippen molar-refractivity contribution < 1.29 is 0 Å². The molecular formula is C19H25N3O2. The Bertz CT molecular complexity index is 853. The van der Waals surface area contributed by atoms with Crippen LogP contribution in [0.15, 0.2) is 39.9 Å². The second-order valence-corrected chi connectivity index (χ2v) is 6.36. The summed E-state index contributed by atoms with van der Waals surface area (Å²) in [5, 5.41) is 3.30. The van der Waals surface area contributed by atoms with Crippen molar-refractivity contribution in [3.8, 4) is 0 Å². The van der Waals surface area contributed by atoms with Crippen LogP contribution in [0.3, 0.4) is 0 Å². The summed E-state index contributed by atoms with van der Waals surface area (Å²) in [6, 6.07) is 6.09. The van der Waals surface area contributed by atoms with Gasteiger partial charge in [0.15, 0.2) is 0 Å². The second kappa shape index (κ2) is 7.34. The van der Waals surface area contributed by atoms with Crippen LogP contribution in [-0.2, 0) is 6.54 Å². The molecule has 0 unspecified atom stereocenters. The minimum atomic E-state index is -0.408. The normalized spacial score (nSPS) is 11.4. The number of aromatic amines is 1. The molecule has 24 heavy (non-hydrogen) atoms. The Balaban J connectivity index is 2.68. The van der Waals surface area contributed by atoms with Crippen molar-refractivity contribution in [2.75, 3.05) is 5.32 Å². The highest BCUT2D eigenvalue weighted by molar-refractivity contribution is 5.61. The molecule has 128 valence electrons. The number of H-pyrrole nitrogens is 1. The van der Waals surface area contributed by atoms with Gasteiger partial charge >= 0.3 is 5.69 Å². The van der Waals surface area contributed by atoms with Crippen molar-refractivity contribution in [2.24, 2.45) is 0 Å². The maximum atomic E-state index is 12.3. The van der Waals surface area contributed by atoms with Crippen LogP contribution in [-0.4, -0.2) is 9.55 Å². The first kappa shape index (κ1) is 17.8. The molecule has 5 heteroatoms. The van der Waals surface area contributed by atoms with Crippen LogP contribution < -0.4 is 16.6 Å². The maximum absolute atomic E-state index is 12.3. The van der Waals surface area contributed by atoms with E-state index in [1.807, 2.05) is 58.9 Å². The number of hydrogen-bond donors (Lipinski definition) is 2. The average Bonchev–Trinajstić information content (AvgIpc) is 2.45. The zero-order valence-corrected chi connectivity index (χ0v) is 14.9. The Morgan fingerprint density at radius 2 is 1.79 bits per heavy atom. The molecule has 1 heterocycles. The number of aryl methyl sites for hydroxylation is 2. The summed E-state index contributed by atoms with van der Waals surface area (Å²) in [5.74, 6) is 0.543. The van der Waals surface area contributed by atoms with E-state index in [-0.39, 0.29) is 11.5 Å². The van der Waals surface area contributed by atoms with Gasteiger partial charge in [-0.25, -0.2) is 4.79 Å². The molecule has 0 aliphatic carbocycles. The molecule has 0 spiro atoms. The van der Waals surface area contributed by atoms with Gasteiger partial charge in [0, 0.05) is 12.2 Å². The predicted octanol–water partition coefficient (Wildman–Crippen LogP) is 3.60. The van der Waals surface area contributed by atoms with Gasteiger partial charge in [-0.1, -0.05) is 32.1 Å². The van der Waals surface area contributed by atoms with E-state index in [1.165, 1.54) is 0 Å². The van der Waals surface area contributed by atoms with Gasteiger partial charge in [-0.3, -0.25) is 14.3 Å². The van der Waals surface area contributed by atoms with Crippen molar-refractivity contribution >= 4 is 11.5 Å². The quantitative estimate of drug-likeness (QED) is 0.825. The minimum absolute atomic E-state index is 0.0142. The van der Waals surface area contributed by atoms with Crippen LogP contribution in [0.1, 0.15) is 43.4 Å². The van der Waals surface area contributed by atoms with E-state index in [0.717, 1.165) is 16.8 Å². The molecule has 2 rings (SSSR count). The first-order valence-corrected chi connectivity index (χ1v) is 8.17. The number of nitrogens with one attached hydrogen (secondary N) is 2. The van der Waals surface area contributed by atoms with E-state index in [1.54, 1.807) is 4.57 Å². The first-order chi connectivity index (χ1) is 11.3. The third-order valence-corrected chi connectivity index (χ3v) is 3.82. The lowest BCUT2D eigenvalue weighted by Crippen LogP contribution is -2.34. The fraction of sp³-hybridized carbons (Fsp3) is 0.368. The third kappa shape index (κ3) is 3.85. The zero-order valence-electron chi connectivity index (χ0n) is 14.9. The lowest BCUT2D eigenvalue weighted by molar-refractivity contribution is 0.712. The largest absolute Gasteiger partial charge is 0.341 e. The van der Waals surface area contributed by atoms with E-state index in [9.17, 15) is 9.59 Å². The highest BCUT2D eigenvalue weighted by atomic mass is 16.2. The molecule has 5 nitrogen and oxygen atoms in total. The fourth-order valence-corrected chi connectivity index (χ4v) is 2.83. The molecule has 2 N–H and O–H groups in total. The molecule has 0 saturated heterocycles. The Morgan fingerprint density at radius 3 is 2.33 bits per heavy atom. The lowest BCUT2D eigenvalue weighted by atomic mass is 10.0. The molecule has 0 aliphatic rings. The number of benzene rings is 1. The Kier molecular flexibility index (Phi) is 5.44. The zero-order chi connectivity index (χ0) is 17.9. The standard InChI is InChI=1S/C19H25N3O2/c1-6-7-8-22-17(16(12(2)3)18(23)21-19(22)24)20-15-10-13(4)9-14(5)11-15/h6-7,9-12,20H,8H2,1-5H3,(H,21,23,24)/b7-6+. The number of nitrogens with zero attached hydrogens (tertiary/aromatic N) is 1. The van der Waals surface area contributed by atoms with Gasteiger partial charge < -0.3 is 5.32 Å². The van der Waals surface area contributed by atoms with Gasteiger partial charge in [0.2, 0.25) is 0 Å². The molecule has 0 fully saturated rings. The molecule has 0 atom stereocenters. The van der Waals surface area contributed by atoms with Gasteiger partial charge in [-0.15, -0.1) is 0 Å². The van der Waals surface area contributed by atoms with E-state index >= 15 is 0 Å².